The van der Waals surface area contributed by atoms with E-state index in [2.05, 4.69) is 26.3 Å². The summed E-state index contributed by atoms with van der Waals surface area (Å²) in [7, 11) is 0. The van der Waals surface area contributed by atoms with Crippen LogP contribution in [0.4, 0.5) is 15.6 Å². The minimum absolute atomic E-state index is 0.178. The number of hydrogen-bond donors (Lipinski definition) is 5. The second-order valence-corrected chi connectivity index (χ2v) is 7.56. The highest BCUT2D eigenvalue weighted by atomic mass is 32.1. The average molecular weight is 419 g/mol. The van der Waals surface area contributed by atoms with E-state index in [1.54, 1.807) is 24.3 Å². The molecule has 0 spiro atoms. The van der Waals surface area contributed by atoms with Crippen molar-refractivity contribution >= 4 is 40.0 Å². The highest BCUT2D eigenvalue weighted by Gasteiger charge is 2.15. The van der Waals surface area contributed by atoms with Crippen LogP contribution in [0.1, 0.15) is 33.8 Å². The molecule has 0 bridgehead atoms. The van der Waals surface area contributed by atoms with Gasteiger partial charge in [-0.25, -0.2) is 9.78 Å². The van der Waals surface area contributed by atoms with Crippen LogP contribution in [0, 0.1) is 13.8 Å². The lowest BCUT2D eigenvalue weighted by atomic mass is 10.1. The molecule has 4 amide bonds. The molecule has 0 aliphatic heterocycles. The lowest BCUT2D eigenvalue weighted by Crippen LogP contribution is -2.35. The molecule has 9 nitrogen and oxygen atoms in total. The van der Waals surface area contributed by atoms with Gasteiger partial charge in [0.15, 0.2) is 5.13 Å². The molecule has 2 aromatic rings. The Morgan fingerprint density at radius 3 is 2.52 bits per heavy atom. The van der Waals surface area contributed by atoms with Crippen molar-refractivity contribution in [3.63, 3.8) is 0 Å². The molecule has 10 heteroatoms. The molecular weight excluding hydrogens is 392 g/mol. The van der Waals surface area contributed by atoms with Crippen molar-refractivity contribution in [2.24, 2.45) is 5.73 Å². The fourth-order valence-electron chi connectivity index (χ4n) is 2.47. The van der Waals surface area contributed by atoms with E-state index in [0.717, 1.165) is 10.6 Å². The first-order valence-electron chi connectivity index (χ1n) is 9.25. The number of nitrogens with one attached hydrogen (secondary N) is 4. The van der Waals surface area contributed by atoms with Crippen molar-refractivity contribution in [3.8, 4) is 0 Å². The second kappa shape index (κ2) is 11.1. The maximum Gasteiger partial charge on any atom is 0.312 e. The molecule has 2 rings (SSSR count). The predicted octanol–water partition coefficient (Wildman–Crippen LogP) is 1.99. The molecule has 0 atom stereocenters. The van der Waals surface area contributed by atoms with Crippen LogP contribution in [-0.2, 0) is 4.79 Å². The van der Waals surface area contributed by atoms with Gasteiger partial charge in [-0.15, -0.1) is 11.3 Å². The number of aromatic nitrogens is 1. The number of primary amides is 1. The van der Waals surface area contributed by atoms with E-state index in [1.165, 1.54) is 11.3 Å². The number of hydrogen-bond acceptors (Lipinski definition) is 6. The summed E-state index contributed by atoms with van der Waals surface area (Å²) in [5.41, 5.74) is 6.68. The van der Waals surface area contributed by atoms with Crippen molar-refractivity contribution in [2.45, 2.75) is 26.7 Å². The first-order valence-corrected chi connectivity index (χ1v) is 10.1. The molecule has 156 valence electrons. The van der Waals surface area contributed by atoms with Crippen LogP contribution in [0.15, 0.2) is 24.3 Å². The number of anilines is 2. The summed E-state index contributed by atoms with van der Waals surface area (Å²) in [6.07, 6.45) is 0.922. The van der Waals surface area contributed by atoms with Gasteiger partial charge in [0.2, 0.25) is 5.91 Å². The molecule has 1 heterocycles. The number of carbonyl (C=O) groups is 3. The van der Waals surface area contributed by atoms with Crippen LogP contribution in [0.25, 0.3) is 0 Å². The third-order valence-electron chi connectivity index (χ3n) is 4.05. The Kier molecular flexibility index (Phi) is 8.56. The molecule has 0 radical (unpaired) electrons. The molecule has 0 unspecified atom stereocenters. The van der Waals surface area contributed by atoms with Gasteiger partial charge in [0.05, 0.1) is 16.9 Å². The molecule has 0 saturated heterocycles. The number of thiazole rings is 1. The van der Waals surface area contributed by atoms with Crippen molar-refractivity contribution in [3.05, 3.63) is 40.4 Å². The number of amides is 4. The summed E-state index contributed by atoms with van der Waals surface area (Å²) >= 11 is 1.41. The van der Waals surface area contributed by atoms with Gasteiger partial charge in [-0.2, -0.15) is 0 Å². The third kappa shape index (κ3) is 7.51. The van der Waals surface area contributed by atoms with Crippen LogP contribution in [0.3, 0.4) is 0 Å². The Bertz CT molecular complexity index is 848. The van der Waals surface area contributed by atoms with E-state index >= 15 is 0 Å². The van der Waals surface area contributed by atoms with Crippen LogP contribution < -0.4 is 27.0 Å². The SMILES string of the molecule is Cc1nc(NC(=O)c2ccccc2NC(=O)CCCNCCNC(N)=O)sc1C. The van der Waals surface area contributed by atoms with Crippen LogP contribution in [0.2, 0.25) is 0 Å². The first kappa shape index (κ1) is 22.3. The Morgan fingerprint density at radius 2 is 1.83 bits per heavy atom. The van der Waals surface area contributed by atoms with Gasteiger partial charge >= 0.3 is 6.03 Å². The average Bonchev–Trinajstić information content (AvgIpc) is 2.98. The van der Waals surface area contributed by atoms with E-state index < -0.39 is 6.03 Å². The number of nitrogens with two attached hydrogens (primary N) is 1. The summed E-state index contributed by atoms with van der Waals surface area (Å²) in [5.74, 6) is -0.499. The monoisotopic (exact) mass is 418 g/mol. The van der Waals surface area contributed by atoms with E-state index in [0.29, 0.717) is 48.9 Å². The number of benzene rings is 1. The normalized spacial score (nSPS) is 10.4. The number of para-hydroxylation sites is 1. The highest BCUT2D eigenvalue weighted by Crippen LogP contribution is 2.23. The molecule has 1 aromatic heterocycles. The van der Waals surface area contributed by atoms with Crippen LogP contribution >= 0.6 is 11.3 Å². The topological polar surface area (TPSA) is 138 Å². The van der Waals surface area contributed by atoms with Gasteiger partial charge < -0.3 is 21.7 Å². The van der Waals surface area contributed by atoms with Gasteiger partial charge in [0.25, 0.3) is 5.91 Å². The van der Waals surface area contributed by atoms with Crippen LogP contribution in [0.5, 0.6) is 0 Å². The van der Waals surface area contributed by atoms with Gasteiger partial charge in [0, 0.05) is 24.4 Å². The van der Waals surface area contributed by atoms with Crippen molar-refractivity contribution in [1.29, 1.82) is 0 Å². The lowest BCUT2D eigenvalue weighted by molar-refractivity contribution is -0.116. The predicted molar refractivity (Wildman–Crippen MR) is 114 cm³/mol. The number of carbonyl (C=O) groups excluding carboxylic acids is 3. The molecule has 0 fully saturated rings. The van der Waals surface area contributed by atoms with Crippen molar-refractivity contribution in [1.82, 2.24) is 15.6 Å². The zero-order valence-electron chi connectivity index (χ0n) is 16.5. The summed E-state index contributed by atoms with van der Waals surface area (Å²) in [6.45, 7) is 5.46. The molecular formula is C19H26N6O3S. The van der Waals surface area contributed by atoms with E-state index in [4.69, 9.17) is 5.73 Å². The van der Waals surface area contributed by atoms with E-state index in [1.807, 2.05) is 13.8 Å². The number of aryl methyl sites for hydroxylation is 2. The summed E-state index contributed by atoms with van der Waals surface area (Å²) in [5, 5.41) is 11.7. The largest absolute Gasteiger partial charge is 0.352 e. The highest BCUT2D eigenvalue weighted by molar-refractivity contribution is 7.15. The Hall–Kier alpha value is -2.98. The Morgan fingerprint density at radius 1 is 1.07 bits per heavy atom. The molecule has 0 aliphatic rings. The van der Waals surface area contributed by atoms with Gasteiger partial charge in [-0.1, -0.05) is 12.1 Å². The molecule has 29 heavy (non-hydrogen) atoms. The number of urea groups is 1. The smallest absolute Gasteiger partial charge is 0.312 e. The lowest BCUT2D eigenvalue weighted by Gasteiger charge is -2.11. The van der Waals surface area contributed by atoms with Crippen molar-refractivity contribution in [2.75, 3.05) is 30.3 Å². The summed E-state index contributed by atoms with van der Waals surface area (Å²) in [4.78, 5) is 40.7. The molecule has 1 aromatic carbocycles. The molecule has 0 saturated carbocycles. The Balaban J connectivity index is 1.82. The fourth-order valence-corrected chi connectivity index (χ4v) is 3.28. The van der Waals surface area contributed by atoms with Crippen LogP contribution in [-0.4, -0.2) is 42.5 Å². The first-order chi connectivity index (χ1) is 13.9. The maximum absolute atomic E-state index is 12.6. The zero-order chi connectivity index (χ0) is 21.2. The molecule has 6 N–H and O–H groups in total. The Labute approximate surface area is 173 Å². The van der Waals surface area contributed by atoms with E-state index in [9.17, 15) is 14.4 Å². The number of nitrogens with zero attached hydrogens (tertiary/aromatic N) is 1. The second-order valence-electron chi connectivity index (χ2n) is 6.35. The molecule has 0 aliphatic carbocycles. The van der Waals surface area contributed by atoms with Gasteiger partial charge in [-0.05, 0) is 38.9 Å². The minimum Gasteiger partial charge on any atom is -0.352 e. The van der Waals surface area contributed by atoms with Gasteiger partial charge in [0.1, 0.15) is 0 Å². The fraction of sp³-hybridized carbons (Fsp3) is 0.368. The van der Waals surface area contributed by atoms with Gasteiger partial charge in [-0.3, -0.25) is 14.9 Å². The third-order valence-corrected chi connectivity index (χ3v) is 5.04. The van der Waals surface area contributed by atoms with Crippen molar-refractivity contribution < 1.29 is 14.4 Å². The van der Waals surface area contributed by atoms with E-state index in [-0.39, 0.29) is 11.8 Å². The number of rotatable bonds is 10. The summed E-state index contributed by atoms with van der Waals surface area (Å²) in [6, 6.07) is 6.29. The maximum atomic E-state index is 12.6. The standard InChI is InChI=1S/C19H26N6O3S/c1-12-13(2)29-19(23-12)25-17(27)14-6-3-4-7-15(14)24-16(26)8-5-9-21-10-11-22-18(20)28/h3-4,6-7,21H,5,8-11H2,1-2H3,(H,24,26)(H3,20,22,28)(H,23,25,27). The minimum atomic E-state index is -0.561. The zero-order valence-corrected chi connectivity index (χ0v) is 17.3. The quantitative estimate of drug-likeness (QED) is 0.376. The summed E-state index contributed by atoms with van der Waals surface area (Å²) < 4.78 is 0.